The molecular weight excluding hydrogens is 154 g/mol. The second-order valence-corrected chi connectivity index (χ2v) is 2.72. The topological polar surface area (TPSA) is 52.3 Å². The molecule has 0 saturated heterocycles. The van der Waals surface area contributed by atoms with Gasteiger partial charge in [-0.15, -0.1) is 0 Å². The summed E-state index contributed by atoms with van der Waals surface area (Å²) in [6, 6.07) is 0. The molecule has 0 saturated carbocycles. The third kappa shape index (κ3) is 2.66. The first-order chi connectivity index (χ1) is 5.64. The minimum Gasteiger partial charge on any atom is -0.455 e. The Morgan fingerprint density at radius 1 is 1.58 bits per heavy atom. The van der Waals surface area contributed by atoms with E-state index in [0.717, 1.165) is 18.9 Å². The Hall–Kier alpha value is -0.830. The molecule has 0 spiro atoms. The van der Waals surface area contributed by atoms with Crippen LogP contribution in [0.1, 0.15) is 26.7 Å². The molecule has 0 atom stereocenters. The van der Waals surface area contributed by atoms with Gasteiger partial charge in [-0.3, -0.25) is 0 Å². The van der Waals surface area contributed by atoms with Crippen molar-refractivity contribution in [3.8, 4) is 0 Å². The third-order valence-electron chi connectivity index (χ3n) is 2.14. The van der Waals surface area contributed by atoms with Gasteiger partial charge in [0.25, 0.3) is 0 Å². The zero-order valence-corrected chi connectivity index (χ0v) is 7.80. The van der Waals surface area contributed by atoms with Crippen molar-refractivity contribution in [2.45, 2.75) is 32.3 Å². The highest BCUT2D eigenvalue weighted by Gasteiger charge is 2.27. The highest BCUT2D eigenvalue weighted by Crippen LogP contribution is 2.18. The highest BCUT2D eigenvalue weighted by molar-refractivity contribution is 5.81. The minimum atomic E-state index is -0.495. The molecule has 0 amide bonds. The lowest BCUT2D eigenvalue weighted by molar-refractivity contribution is -0.153. The van der Waals surface area contributed by atoms with Crippen LogP contribution in [0.25, 0.3) is 0 Å². The van der Waals surface area contributed by atoms with Crippen LogP contribution in [0, 0.1) is 0 Å². The van der Waals surface area contributed by atoms with Gasteiger partial charge in [-0.05, 0) is 12.8 Å². The number of carbonyl (C=O) groups is 1. The van der Waals surface area contributed by atoms with E-state index in [-0.39, 0.29) is 0 Å². The molecule has 0 heterocycles. The first kappa shape index (κ1) is 11.2. The maximum atomic E-state index is 10.9. The Kier molecular flexibility index (Phi) is 4.59. The van der Waals surface area contributed by atoms with Gasteiger partial charge in [0, 0.05) is 12.6 Å². The molecule has 0 aromatic heterocycles. The van der Waals surface area contributed by atoms with E-state index in [1.807, 2.05) is 13.8 Å². The zero-order valence-electron chi connectivity index (χ0n) is 7.80. The molecule has 0 rings (SSSR count). The normalized spacial score (nSPS) is 10.9. The number of rotatable bonds is 5. The molecule has 70 valence electrons. The third-order valence-corrected chi connectivity index (χ3v) is 2.14. The highest BCUT2D eigenvalue weighted by atomic mass is 16.6. The summed E-state index contributed by atoms with van der Waals surface area (Å²) in [6.45, 7) is 7.60. The molecule has 0 aliphatic rings. The number of carbonyl (C=O) groups excluding carboxylic acids is 1. The average Bonchev–Trinajstić information content (AvgIpc) is 2.14. The lowest BCUT2D eigenvalue weighted by atomic mass is 9.97. The van der Waals surface area contributed by atoms with Crippen LogP contribution in [0.4, 0.5) is 0 Å². The van der Waals surface area contributed by atoms with Gasteiger partial charge in [-0.1, -0.05) is 20.4 Å². The van der Waals surface area contributed by atoms with Crippen LogP contribution in [0.15, 0.2) is 12.7 Å². The van der Waals surface area contributed by atoms with Gasteiger partial charge >= 0.3 is 5.97 Å². The molecule has 0 aromatic carbocycles. The number of hydrogen-bond donors (Lipinski definition) is 1. The van der Waals surface area contributed by atoms with Crippen LogP contribution < -0.4 is 5.73 Å². The van der Waals surface area contributed by atoms with Crippen molar-refractivity contribution in [3.63, 3.8) is 0 Å². The molecule has 0 aliphatic heterocycles. The van der Waals surface area contributed by atoms with Gasteiger partial charge in [-0.25, -0.2) is 4.79 Å². The van der Waals surface area contributed by atoms with Crippen LogP contribution in [0.3, 0.4) is 0 Å². The monoisotopic (exact) mass is 171 g/mol. The van der Waals surface area contributed by atoms with Crippen molar-refractivity contribution in [3.05, 3.63) is 12.7 Å². The van der Waals surface area contributed by atoms with Crippen LogP contribution in [0.2, 0.25) is 0 Å². The molecular formula is C9H17NO2. The van der Waals surface area contributed by atoms with Crippen molar-refractivity contribution < 1.29 is 9.53 Å². The summed E-state index contributed by atoms with van der Waals surface area (Å²) in [6.07, 6.45) is 2.63. The van der Waals surface area contributed by atoms with Crippen LogP contribution in [-0.4, -0.2) is 18.1 Å². The SMILES string of the molecule is C=CC(=O)OC(CC)(CC)CN. The fourth-order valence-corrected chi connectivity index (χ4v) is 0.980. The van der Waals surface area contributed by atoms with Gasteiger partial charge < -0.3 is 10.5 Å². The molecule has 3 nitrogen and oxygen atoms in total. The predicted octanol–water partition coefficient (Wildman–Crippen LogP) is 1.23. The van der Waals surface area contributed by atoms with E-state index in [9.17, 15) is 4.79 Å². The molecule has 0 bridgehead atoms. The molecule has 12 heavy (non-hydrogen) atoms. The van der Waals surface area contributed by atoms with Crippen LogP contribution in [-0.2, 0) is 9.53 Å². The van der Waals surface area contributed by atoms with Crippen molar-refractivity contribution in [1.29, 1.82) is 0 Å². The molecule has 0 fully saturated rings. The second-order valence-electron chi connectivity index (χ2n) is 2.72. The standard InChI is InChI=1S/C9H17NO2/c1-4-8(11)12-9(5-2,6-3)7-10/h4H,1,5-7,10H2,2-3H3. The summed E-state index contributed by atoms with van der Waals surface area (Å²) in [5, 5.41) is 0. The summed E-state index contributed by atoms with van der Waals surface area (Å²) in [7, 11) is 0. The smallest absolute Gasteiger partial charge is 0.330 e. The van der Waals surface area contributed by atoms with Crippen molar-refractivity contribution in [2.75, 3.05) is 6.54 Å². The van der Waals surface area contributed by atoms with E-state index in [1.165, 1.54) is 0 Å². The Balaban J connectivity index is 4.29. The molecule has 0 aromatic rings. The Morgan fingerprint density at radius 2 is 2.08 bits per heavy atom. The summed E-state index contributed by atoms with van der Waals surface area (Å²) in [5.74, 6) is -0.399. The fourth-order valence-electron chi connectivity index (χ4n) is 0.980. The lowest BCUT2D eigenvalue weighted by Gasteiger charge is -2.29. The van der Waals surface area contributed by atoms with E-state index in [1.54, 1.807) is 0 Å². The number of esters is 1. The molecule has 0 unspecified atom stereocenters. The Labute approximate surface area is 73.6 Å². The summed E-state index contributed by atoms with van der Waals surface area (Å²) < 4.78 is 5.15. The van der Waals surface area contributed by atoms with E-state index >= 15 is 0 Å². The van der Waals surface area contributed by atoms with Gasteiger partial charge in [-0.2, -0.15) is 0 Å². The number of hydrogen-bond acceptors (Lipinski definition) is 3. The molecule has 3 heteroatoms. The van der Waals surface area contributed by atoms with E-state index in [4.69, 9.17) is 10.5 Å². The summed E-state index contributed by atoms with van der Waals surface area (Å²) in [4.78, 5) is 10.9. The lowest BCUT2D eigenvalue weighted by Crippen LogP contribution is -2.41. The number of nitrogens with two attached hydrogens (primary N) is 1. The second kappa shape index (κ2) is 4.93. The van der Waals surface area contributed by atoms with Crippen LogP contribution >= 0.6 is 0 Å². The van der Waals surface area contributed by atoms with Crippen molar-refractivity contribution in [2.24, 2.45) is 5.73 Å². The summed E-state index contributed by atoms with van der Waals surface area (Å²) >= 11 is 0. The molecule has 0 radical (unpaired) electrons. The maximum absolute atomic E-state index is 10.9. The first-order valence-corrected chi connectivity index (χ1v) is 4.19. The van der Waals surface area contributed by atoms with Gasteiger partial charge in [0.05, 0.1) is 0 Å². The zero-order chi connectivity index (χ0) is 9.61. The fraction of sp³-hybridized carbons (Fsp3) is 0.667. The van der Waals surface area contributed by atoms with E-state index in [2.05, 4.69) is 6.58 Å². The summed E-state index contributed by atoms with van der Waals surface area (Å²) in [5.41, 5.74) is 5.03. The Morgan fingerprint density at radius 3 is 2.33 bits per heavy atom. The quantitative estimate of drug-likeness (QED) is 0.500. The predicted molar refractivity (Wildman–Crippen MR) is 48.7 cm³/mol. The van der Waals surface area contributed by atoms with Gasteiger partial charge in [0.2, 0.25) is 0 Å². The van der Waals surface area contributed by atoms with E-state index in [0.29, 0.717) is 6.54 Å². The number of ether oxygens (including phenoxy) is 1. The molecule has 0 aliphatic carbocycles. The Bertz CT molecular complexity index is 154. The maximum Gasteiger partial charge on any atom is 0.330 e. The largest absolute Gasteiger partial charge is 0.455 e. The van der Waals surface area contributed by atoms with E-state index < -0.39 is 11.6 Å². The average molecular weight is 171 g/mol. The van der Waals surface area contributed by atoms with Crippen molar-refractivity contribution in [1.82, 2.24) is 0 Å². The van der Waals surface area contributed by atoms with Crippen molar-refractivity contribution >= 4 is 5.97 Å². The minimum absolute atomic E-state index is 0.361. The van der Waals surface area contributed by atoms with Gasteiger partial charge in [0.1, 0.15) is 5.60 Å². The molecule has 2 N–H and O–H groups in total. The van der Waals surface area contributed by atoms with Gasteiger partial charge in [0.15, 0.2) is 0 Å². The van der Waals surface area contributed by atoms with Crippen LogP contribution in [0.5, 0.6) is 0 Å². The first-order valence-electron chi connectivity index (χ1n) is 4.19.